The number of carbonyl (C=O) groups excluding carboxylic acids is 4. The molecule has 1 atom stereocenters. The summed E-state index contributed by atoms with van der Waals surface area (Å²) in [7, 11) is 1.69. The molecule has 3 rings (SSSR count). The summed E-state index contributed by atoms with van der Waals surface area (Å²) in [6, 6.07) is 4.50. The van der Waals surface area contributed by atoms with Gasteiger partial charge >= 0.3 is 6.03 Å². The van der Waals surface area contributed by atoms with Crippen molar-refractivity contribution in [1.29, 1.82) is 0 Å². The Kier molecular flexibility index (Phi) is 4.56. The van der Waals surface area contributed by atoms with Crippen molar-refractivity contribution in [3.63, 3.8) is 0 Å². The molecular formula is C19H23N3O4. The second-order valence-corrected chi connectivity index (χ2v) is 7.15. The van der Waals surface area contributed by atoms with E-state index < -0.39 is 11.6 Å². The Labute approximate surface area is 152 Å². The summed E-state index contributed by atoms with van der Waals surface area (Å²) in [5.41, 5.74) is 1.03. The third-order valence-electron chi connectivity index (χ3n) is 5.16. The average Bonchev–Trinajstić information content (AvgIpc) is 3.01. The van der Waals surface area contributed by atoms with Gasteiger partial charge in [0.1, 0.15) is 5.54 Å². The lowest BCUT2D eigenvalue weighted by Crippen LogP contribution is -2.44. The smallest absolute Gasteiger partial charge is 0.323 e. The molecule has 2 aliphatic rings. The number of unbranched alkanes of at least 4 members (excludes halogenated alkanes) is 1. The minimum atomic E-state index is -0.944. The highest BCUT2D eigenvalue weighted by Crippen LogP contribution is 2.29. The van der Waals surface area contributed by atoms with Crippen molar-refractivity contribution in [1.82, 2.24) is 10.2 Å². The molecule has 0 unspecified atom stereocenters. The van der Waals surface area contributed by atoms with Crippen LogP contribution in [0, 0.1) is 0 Å². The fourth-order valence-corrected chi connectivity index (χ4v) is 3.47. The monoisotopic (exact) mass is 357 g/mol. The summed E-state index contributed by atoms with van der Waals surface area (Å²) in [6.07, 6.45) is 2.54. The van der Waals surface area contributed by atoms with Crippen molar-refractivity contribution >= 4 is 29.3 Å². The Morgan fingerprint density at radius 2 is 2.00 bits per heavy atom. The van der Waals surface area contributed by atoms with Gasteiger partial charge in [-0.15, -0.1) is 0 Å². The standard InChI is InChI=1S/C19H23N3O4/c1-4-5-8-19(2)17(25)22(18(26)20-19)11-15(23)12-6-7-14-13(9-12)10-16(24)21(14)3/h6-7,9H,4-5,8,10-11H2,1-3H3,(H,20,26)/t19-/m0/s1. The normalized spacial score (nSPS) is 22.0. The number of rotatable bonds is 6. The Hall–Kier alpha value is -2.70. The van der Waals surface area contributed by atoms with Gasteiger partial charge < -0.3 is 10.2 Å². The molecule has 0 saturated carbocycles. The van der Waals surface area contributed by atoms with Gasteiger partial charge in [-0.2, -0.15) is 0 Å². The van der Waals surface area contributed by atoms with Gasteiger partial charge in [0.25, 0.3) is 5.91 Å². The number of hydrogen-bond donors (Lipinski definition) is 1. The fourth-order valence-electron chi connectivity index (χ4n) is 3.47. The van der Waals surface area contributed by atoms with Crippen LogP contribution in [-0.4, -0.2) is 47.7 Å². The number of carbonyl (C=O) groups is 4. The second-order valence-electron chi connectivity index (χ2n) is 7.15. The van der Waals surface area contributed by atoms with Crippen LogP contribution in [-0.2, 0) is 16.0 Å². The van der Waals surface area contributed by atoms with Gasteiger partial charge in [0.05, 0.1) is 13.0 Å². The van der Waals surface area contributed by atoms with Gasteiger partial charge in [-0.05, 0) is 37.1 Å². The molecule has 2 aliphatic heterocycles. The molecule has 7 nitrogen and oxygen atoms in total. The summed E-state index contributed by atoms with van der Waals surface area (Å²) >= 11 is 0. The molecule has 1 aromatic rings. The summed E-state index contributed by atoms with van der Waals surface area (Å²) < 4.78 is 0. The third kappa shape index (κ3) is 2.98. The van der Waals surface area contributed by atoms with Crippen LogP contribution in [0.5, 0.6) is 0 Å². The lowest BCUT2D eigenvalue weighted by Gasteiger charge is -2.21. The summed E-state index contributed by atoms with van der Waals surface area (Å²) in [5.74, 6) is -0.705. The molecule has 1 N–H and O–H groups in total. The number of hydrogen-bond acceptors (Lipinski definition) is 4. The fraction of sp³-hybridized carbons (Fsp3) is 0.474. The molecule has 0 aromatic heterocycles. The molecule has 26 heavy (non-hydrogen) atoms. The predicted octanol–water partition coefficient (Wildman–Crippen LogP) is 1.89. The van der Waals surface area contributed by atoms with E-state index in [1.165, 1.54) is 0 Å². The minimum Gasteiger partial charge on any atom is -0.323 e. The Morgan fingerprint density at radius 3 is 2.69 bits per heavy atom. The molecule has 0 bridgehead atoms. The highest BCUT2D eigenvalue weighted by atomic mass is 16.2. The minimum absolute atomic E-state index is 0.0228. The predicted molar refractivity (Wildman–Crippen MR) is 96.1 cm³/mol. The van der Waals surface area contributed by atoms with Crippen molar-refractivity contribution in [2.45, 2.75) is 45.1 Å². The molecule has 138 valence electrons. The Balaban J connectivity index is 1.75. The zero-order chi connectivity index (χ0) is 19.1. The van der Waals surface area contributed by atoms with Crippen molar-refractivity contribution in [2.24, 2.45) is 0 Å². The van der Waals surface area contributed by atoms with Gasteiger partial charge in [0.15, 0.2) is 5.78 Å². The molecular weight excluding hydrogens is 334 g/mol. The Bertz CT molecular complexity index is 804. The number of ketones is 1. The maximum Gasteiger partial charge on any atom is 0.325 e. The van der Waals surface area contributed by atoms with Gasteiger partial charge in [0.2, 0.25) is 5.91 Å². The van der Waals surface area contributed by atoms with Crippen LogP contribution >= 0.6 is 0 Å². The number of amides is 4. The van der Waals surface area contributed by atoms with E-state index >= 15 is 0 Å². The first-order chi connectivity index (χ1) is 12.3. The number of fused-ring (bicyclic) bond motifs is 1. The number of anilines is 1. The van der Waals surface area contributed by atoms with Crippen LogP contribution in [0.15, 0.2) is 18.2 Å². The number of benzene rings is 1. The number of urea groups is 1. The Morgan fingerprint density at radius 1 is 1.27 bits per heavy atom. The molecule has 2 heterocycles. The topological polar surface area (TPSA) is 86.8 Å². The van der Waals surface area contributed by atoms with Crippen LogP contribution < -0.4 is 10.2 Å². The van der Waals surface area contributed by atoms with Gasteiger partial charge in [-0.25, -0.2) is 4.79 Å². The highest BCUT2D eigenvalue weighted by Gasteiger charge is 2.47. The maximum absolute atomic E-state index is 12.6. The van der Waals surface area contributed by atoms with E-state index in [9.17, 15) is 19.2 Å². The van der Waals surface area contributed by atoms with Crippen LogP contribution in [0.25, 0.3) is 0 Å². The van der Waals surface area contributed by atoms with Crippen molar-refractivity contribution in [3.05, 3.63) is 29.3 Å². The summed E-state index contributed by atoms with van der Waals surface area (Å²) in [4.78, 5) is 51.7. The van der Waals surface area contributed by atoms with Crippen LogP contribution in [0.3, 0.4) is 0 Å². The third-order valence-corrected chi connectivity index (χ3v) is 5.16. The quantitative estimate of drug-likeness (QED) is 0.622. The lowest BCUT2D eigenvalue weighted by molar-refractivity contribution is -0.130. The van der Waals surface area contributed by atoms with Gasteiger partial charge in [-0.1, -0.05) is 19.8 Å². The van der Waals surface area contributed by atoms with Crippen molar-refractivity contribution in [2.75, 3.05) is 18.5 Å². The first-order valence-corrected chi connectivity index (χ1v) is 8.83. The summed E-state index contributed by atoms with van der Waals surface area (Å²) in [6.45, 7) is 3.42. The van der Waals surface area contributed by atoms with E-state index in [1.807, 2.05) is 6.92 Å². The first kappa shape index (κ1) is 18.1. The molecule has 7 heteroatoms. The second kappa shape index (κ2) is 6.55. The van der Waals surface area contributed by atoms with E-state index in [1.54, 1.807) is 37.1 Å². The van der Waals surface area contributed by atoms with E-state index in [4.69, 9.17) is 0 Å². The van der Waals surface area contributed by atoms with Crippen LogP contribution in [0.4, 0.5) is 10.5 Å². The zero-order valence-electron chi connectivity index (χ0n) is 15.3. The van der Waals surface area contributed by atoms with Crippen molar-refractivity contribution < 1.29 is 19.2 Å². The largest absolute Gasteiger partial charge is 0.325 e. The first-order valence-electron chi connectivity index (χ1n) is 8.83. The van der Waals surface area contributed by atoms with Crippen LogP contribution in [0.2, 0.25) is 0 Å². The highest BCUT2D eigenvalue weighted by molar-refractivity contribution is 6.11. The molecule has 1 saturated heterocycles. The van der Waals surface area contributed by atoms with Crippen LogP contribution in [0.1, 0.15) is 49.0 Å². The summed E-state index contributed by atoms with van der Waals surface area (Å²) in [5, 5.41) is 2.71. The molecule has 4 amide bonds. The van der Waals surface area contributed by atoms with Crippen molar-refractivity contribution in [3.8, 4) is 0 Å². The number of nitrogens with zero attached hydrogens (tertiary/aromatic N) is 2. The lowest BCUT2D eigenvalue weighted by atomic mass is 9.95. The van der Waals surface area contributed by atoms with E-state index in [0.29, 0.717) is 12.0 Å². The molecule has 1 fully saturated rings. The number of Topliss-reactive ketones (excluding diaryl/α,β-unsaturated/α-hetero) is 1. The maximum atomic E-state index is 12.6. The van der Waals surface area contributed by atoms with Gasteiger partial charge in [-0.3, -0.25) is 19.3 Å². The number of likely N-dealkylation sites (N-methyl/N-ethyl adjacent to an activating group) is 1. The number of nitrogens with one attached hydrogen (secondary N) is 1. The SMILES string of the molecule is CCCC[C@]1(C)NC(=O)N(CC(=O)c2ccc3c(c2)CC(=O)N3C)C1=O. The molecule has 0 spiro atoms. The molecule has 0 radical (unpaired) electrons. The molecule has 0 aliphatic carbocycles. The zero-order valence-corrected chi connectivity index (χ0v) is 15.3. The van der Waals surface area contributed by atoms with E-state index in [2.05, 4.69) is 5.32 Å². The van der Waals surface area contributed by atoms with E-state index in [0.717, 1.165) is 29.0 Å². The van der Waals surface area contributed by atoms with Gasteiger partial charge in [0, 0.05) is 18.3 Å². The number of imide groups is 1. The van der Waals surface area contributed by atoms with E-state index in [-0.39, 0.29) is 30.6 Å². The average molecular weight is 357 g/mol. The molecule has 1 aromatic carbocycles.